The molecular formula is C18H20BrF3N4O. The third-order valence-electron chi connectivity index (χ3n) is 4.42. The molecule has 3 rings (SSSR count). The van der Waals surface area contributed by atoms with Gasteiger partial charge in [-0.1, -0.05) is 15.9 Å². The highest BCUT2D eigenvalue weighted by atomic mass is 79.9. The SMILES string of the molecule is COc1ccc(Br)cc1CN1CCCC(Nc2nccc(C(F)(F)F)n2)C1. The van der Waals surface area contributed by atoms with Gasteiger partial charge in [-0.05, 0) is 43.7 Å². The normalized spacial score (nSPS) is 18.3. The summed E-state index contributed by atoms with van der Waals surface area (Å²) in [6, 6.07) is 6.72. The molecule has 1 aliphatic rings. The fourth-order valence-corrected chi connectivity index (χ4v) is 3.61. The standard InChI is InChI=1S/C18H20BrF3N4O/c1-27-15-5-4-13(19)9-12(15)10-26-8-2-3-14(11-26)24-17-23-7-6-16(25-17)18(20,21)22/h4-7,9,14H,2-3,8,10-11H2,1H3,(H,23,24,25). The quantitative estimate of drug-likeness (QED) is 0.742. The minimum absolute atomic E-state index is 0.0108. The minimum atomic E-state index is -4.48. The highest BCUT2D eigenvalue weighted by Gasteiger charge is 2.33. The summed E-state index contributed by atoms with van der Waals surface area (Å²) < 4.78 is 44.8. The molecule has 0 saturated carbocycles. The average molecular weight is 445 g/mol. The molecule has 1 aliphatic heterocycles. The van der Waals surface area contributed by atoms with Crippen LogP contribution in [0.5, 0.6) is 5.75 Å². The van der Waals surface area contributed by atoms with Crippen LogP contribution in [0.15, 0.2) is 34.9 Å². The van der Waals surface area contributed by atoms with Gasteiger partial charge in [-0.15, -0.1) is 0 Å². The summed E-state index contributed by atoms with van der Waals surface area (Å²) in [5.74, 6) is 0.825. The van der Waals surface area contributed by atoms with Gasteiger partial charge in [-0.3, -0.25) is 4.90 Å². The van der Waals surface area contributed by atoms with E-state index in [1.807, 2.05) is 18.2 Å². The zero-order valence-electron chi connectivity index (χ0n) is 14.8. The lowest BCUT2D eigenvalue weighted by atomic mass is 10.0. The summed E-state index contributed by atoms with van der Waals surface area (Å²) in [4.78, 5) is 9.77. The fraction of sp³-hybridized carbons (Fsp3) is 0.444. The first-order chi connectivity index (χ1) is 12.8. The van der Waals surface area contributed by atoms with Crippen molar-refractivity contribution in [2.75, 3.05) is 25.5 Å². The van der Waals surface area contributed by atoms with Crippen LogP contribution in [0.25, 0.3) is 0 Å². The van der Waals surface area contributed by atoms with E-state index >= 15 is 0 Å². The van der Waals surface area contributed by atoms with E-state index in [0.717, 1.165) is 47.4 Å². The van der Waals surface area contributed by atoms with E-state index in [-0.39, 0.29) is 12.0 Å². The smallest absolute Gasteiger partial charge is 0.433 e. The number of anilines is 1. The third kappa shape index (κ3) is 5.32. The van der Waals surface area contributed by atoms with Crippen molar-refractivity contribution in [3.63, 3.8) is 0 Å². The maximum atomic E-state index is 12.8. The Labute approximate surface area is 164 Å². The number of ether oxygens (including phenoxy) is 1. The molecule has 1 aromatic heterocycles. The van der Waals surface area contributed by atoms with Gasteiger partial charge in [0.2, 0.25) is 5.95 Å². The van der Waals surface area contributed by atoms with Gasteiger partial charge in [0.05, 0.1) is 7.11 Å². The van der Waals surface area contributed by atoms with E-state index < -0.39 is 11.9 Å². The molecule has 0 bridgehead atoms. The predicted molar refractivity (Wildman–Crippen MR) is 99.6 cm³/mol. The van der Waals surface area contributed by atoms with E-state index in [9.17, 15) is 13.2 Å². The van der Waals surface area contributed by atoms with Crippen molar-refractivity contribution in [1.82, 2.24) is 14.9 Å². The number of alkyl halides is 3. The van der Waals surface area contributed by atoms with Crippen LogP contribution >= 0.6 is 15.9 Å². The lowest BCUT2D eigenvalue weighted by molar-refractivity contribution is -0.141. The Morgan fingerprint density at radius 1 is 1.33 bits per heavy atom. The molecule has 1 saturated heterocycles. The number of likely N-dealkylation sites (tertiary alicyclic amines) is 1. The maximum Gasteiger partial charge on any atom is 0.433 e. The van der Waals surface area contributed by atoms with E-state index in [0.29, 0.717) is 13.1 Å². The van der Waals surface area contributed by atoms with Gasteiger partial charge in [-0.2, -0.15) is 13.2 Å². The molecule has 27 heavy (non-hydrogen) atoms. The van der Waals surface area contributed by atoms with E-state index in [2.05, 4.69) is 36.1 Å². The van der Waals surface area contributed by atoms with E-state index in [1.165, 1.54) is 0 Å². The Kier molecular flexibility index (Phi) is 6.21. The van der Waals surface area contributed by atoms with Crippen LogP contribution in [0.1, 0.15) is 24.1 Å². The highest BCUT2D eigenvalue weighted by Crippen LogP contribution is 2.28. The molecule has 0 amide bonds. The first-order valence-corrected chi connectivity index (χ1v) is 9.36. The van der Waals surface area contributed by atoms with E-state index in [1.54, 1.807) is 7.11 Å². The van der Waals surface area contributed by atoms with Crippen molar-refractivity contribution in [3.8, 4) is 5.75 Å². The zero-order chi connectivity index (χ0) is 19.4. The molecular weight excluding hydrogens is 425 g/mol. The van der Waals surface area contributed by atoms with Crippen LogP contribution in [-0.4, -0.2) is 41.1 Å². The monoisotopic (exact) mass is 444 g/mol. The molecule has 5 nitrogen and oxygen atoms in total. The van der Waals surface area contributed by atoms with Crippen LogP contribution in [-0.2, 0) is 12.7 Å². The van der Waals surface area contributed by atoms with Gasteiger partial charge in [0.15, 0.2) is 0 Å². The molecule has 1 atom stereocenters. The Bertz CT molecular complexity index is 787. The molecule has 0 spiro atoms. The largest absolute Gasteiger partial charge is 0.496 e. The summed E-state index contributed by atoms with van der Waals surface area (Å²) in [7, 11) is 1.64. The second-order valence-corrected chi connectivity index (χ2v) is 7.35. The molecule has 0 radical (unpaired) electrons. The summed E-state index contributed by atoms with van der Waals surface area (Å²) in [5, 5.41) is 3.04. The number of methoxy groups -OCH3 is 1. The lowest BCUT2D eigenvalue weighted by Crippen LogP contribution is -2.42. The second kappa shape index (κ2) is 8.43. The molecule has 2 heterocycles. The molecule has 1 unspecified atom stereocenters. The van der Waals surface area contributed by atoms with Gasteiger partial charge >= 0.3 is 6.18 Å². The van der Waals surface area contributed by atoms with Crippen molar-refractivity contribution in [2.45, 2.75) is 31.6 Å². The number of aromatic nitrogens is 2. The Hall–Kier alpha value is -1.87. The lowest BCUT2D eigenvalue weighted by Gasteiger charge is -2.33. The van der Waals surface area contributed by atoms with Gasteiger partial charge in [-0.25, -0.2) is 9.97 Å². The topological polar surface area (TPSA) is 50.3 Å². The van der Waals surface area contributed by atoms with Gasteiger partial charge in [0.1, 0.15) is 11.4 Å². The maximum absolute atomic E-state index is 12.8. The summed E-state index contributed by atoms with van der Waals surface area (Å²) in [5.41, 5.74) is 0.120. The van der Waals surface area contributed by atoms with Crippen molar-refractivity contribution in [2.24, 2.45) is 0 Å². The Morgan fingerprint density at radius 2 is 2.15 bits per heavy atom. The van der Waals surface area contributed by atoms with Crippen LogP contribution in [0.2, 0.25) is 0 Å². The van der Waals surface area contributed by atoms with Crippen LogP contribution in [0.4, 0.5) is 19.1 Å². The molecule has 2 aromatic rings. The van der Waals surface area contributed by atoms with Crippen LogP contribution in [0, 0.1) is 0 Å². The van der Waals surface area contributed by atoms with Crippen LogP contribution in [0.3, 0.4) is 0 Å². The molecule has 9 heteroatoms. The molecule has 1 fully saturated rings. The number of hydrogen-bond acceptors (Lipinski definition) is 5. The fourth-order valence-electron chi connectivity index (χ4n) is 3.20. The third-order valence-corrected chi connectivity index (χ3v) is 4.91. The van der Waals surface area contributed by atoms with Crippen LogP contribution < -0.4 is 10.1 Å². The average Bonchev–Trinajstić information content (AvgIpc) is 2.62. The van der Waals surface area contributed by atoms with Crippen molar-refractivity contribution >= 4 is 21.9 Å². The molecule has 1 aromatic carbocycles. The number of hydrogen-bond donors (Lipinski definition) is 1. The summed E-state index contributed by atoms with van der Waals surface area (Å²) >= 11 is 3.47. The number of rotatable bonds is 5. The summed E-state index contributed by atoms with van der Waals surface area (Å²) in [6.07, 6.45) is -1.56. The van der Waals surface area contributed by atoms with E-state index in [4.69, 9.17) is 4.74 Å². The van der Waals surface area contributed by atoms with Crippen molar-refractivity contribution in [3.05, 3.63) is 46.2 Å². The first kappa shape index (κ1) is 19.9. The Balaban J connectivity index is 1.66. The number of halogens is 4. The predicted octanol–water partition coefficient (Wildman–Crippen LogP) is 4.34. The highest BCUT2D eigenvalue weighted by molar-refractivity contribution is 9.10. The molecule has 146 valence electrons. The number of piperidine rings is 1. The first-order valence-electron chi connectivity index (χ1n) is 8.56. The van der Waals surface area contributed by atoms with Crippen molar-refractivity contribution < 1.29 is 17.9 Å². The zero-order valence-corrected chi connectivity index (χ0v) is 16.3. The second-order valence-electron chi connectivity index (χ2n) is 6.44. The number of benzene rings is 1. The van der Waals surface area contributed by atoms with Crippen molar-refractivity contribution in [1.29, 1.82) is 0 Å². The minimum Gasteiger partial charge on any atom is -0.496 e. The van der Waals surface area contributed by atoms with Gasteiger partial charge in [0, 0.05) is 35.4 Å². The number of nitrogens with zero attached hydrogens (tertiary/aromatic N) is 3. The Morgan fingerprint density at radius 3 is 2.89 bits per heavy atom. The summed E-state index contributed by atoms with van der Waals surface area (Å²) in [6.45, 7) is 2.30. The number of nitrogens with one attached hydrogen (secondary N) is 1. The molecule has 0 aliphatic carbocycles. The molecule has 1 N–H and O–H groups in total. The van der Waals surface area contributed by atoms with Gasteiger partial charge in [0.25, 0.3) is 0 Å². The van der Waals surface area contributed by atoms with Gasteiger partial charge < -0.3 is 10.1 Å².